The van der Waals surface area contributed by atoms with Gasteiger partial charge in [-0.25, -0.2) is 4.79 Å². The van der Waals surface area contributed by atoms with Gasteiger partial charge in [-0.3, -0.25) is 9.78 Å². The Kier molecular flexibility index (Phi) is 5.65. The molecular weight excluding hydrogens is 376 g/mol. The van der Waals surface area contributed by atoms with Crippen LogP contribution < -0.4 is 10.6 Å². The van der Waals surface area contributed by atoms with Crippen molar-refractivity contribution in [2.45, 2.75) is 33.2 Å². The first kappa shape index (κ1) is 19.9. The zero-order valence-electron chi connectivity index (χ0n) is 17.4. The Labute approximate surface area is 176 Å². The minimum Gasteiger partial charge on any atom is -0.348 e. The number of benzene rings is 2. The monoisotopic (exact) mass is 402 g/mol. The molecule has 1 saturated heterocycles. The lowest BCUT2D eigenvalue weighted by atomic mass is 10.1. The van der Waals surface area contributed by atoms with Crippen molar-refractivity contribution in [2.24, 2.45) is 0 Å². The highest BCUT2D eigenvalue weighted by Crippen LogP contribution is 2.19. The van der Waals surface area contributed by atoms with E-state index >= 15 is 0 Å². The molecule has 3 aromatic rings. The fraction of sp³-hybridized carbons (Fsp3) is 0.292. The van der Waals surface area contributed by atoms with Crippen molar-refractivity contribution in [1.82, 2.24) is 15.2 Å². The van der Waals surface area contributed by atoms with Gasteiger partial charge in [0.15, 0.2) is 0 Å². The summed E-state index contributed by atoms with van der Waals surface area (Å²) in [7, 11) is 0. The number of urea groups is 1. The van der Waals surface area contributed by atoms with Gasteiger partial charge in [-0.15, -0.1) is 0 Å². The number of carbonyl (C=O) groups excluding carboxylic acids is 2. The lowest BCUT2D eigenvalue weighted by Crippen LogP contribution is -2.32. The van der Waals surface area contributed by atoms with Crippen molar-refractivity contribution < 1.29 is 9.59 Å². The van der Waals surface area contributed by atoms with Gasteiger partial charge in [0.2, 0.25) is 0 Å². The van der Waals surface area contributed by atoms with Crippen LogP contribution in [0.3, 0.4) is 0 Å². The molecule has 0 spiro atoms. The number of nitrogens with one attached hydrogen (secondary N) is 2. The molecule has 4 rings (SSSR count). The van der Waals surface area contributed by atoms with E-state index in [-0.39, 0.29) is 11.9 Å². The van der Waals surface area contributed by atoms with E-state index in [1.165, 1.54) is 0 Å². The molecule has 1 fully saturated rings. The van der Waals surface area contributed by atoms with E-state index in [0.717, 1.165) is 53.6 Å². The third-order valence-electron chi connectivity index (χ3n) is 5.43. The maximum absolute atomic E-state index is 12.8. The van der Waals surface area contributed by atoms with Gasteiger partial charge in [0.25, 0.3) is 5.91 Å². The van der Waals surface area contributed by atoms with Crippen molar-refractivity contribution in [3.05, 3.63) is 70.9 Å². The fourth-order valence-electron chi connectivity index (χ4n) is 3.76. The Morgan fingerprint density at radius 3 is 2.63 bits per heavy atom. The molecule has 30 heavy (non-hydrogen) atoms. The average molecular weight is 402 g/mol. The zero-order chi connectivity index (χ0) is 21.1. The molecule has 1 aliphatic heterocycles. The number of pyridine rings is 1. The summed E-state index contributed by atoms with van der Waals surface area (Å²) >= 11 is 0. The SMILES string of the molecule is Cc1ccc2cc(C(=O)NCc3cccc(NC(=O)N4CCCC4)c3)c(C)nc2c1. The minimum atomic E-state index is -0.158. The maximum atomic E-state index is 12.8. The highest BCUT2D eigenvalue weighted by Gasteiger charge is 2.18. The highest BCUT2D eigenvalue weighted by molar-refractivity contribution is 5.98. The first-order chi connectivity index (χ1) is 14.5. The van der Waals surface area contributed by atoms with Crippen molar-refractivity contribution in [3.8, 4) is 0 Å². The van der Waals surface area contributed by atoms with Gasteiger partial charge in [-0.1, -0.05) is 24.3 Å². The number of aryl methyl sites for hydroxylation is 2. The Balaban J connectivity index is 1.42. The first-order valence-corrected chi connectivity index (χ1v) is 10.3. The summed E-state index contributed by atoms with van der Waals surface area (Å²) in [6.07, 6.45) is 2.12. The summed E-state index contributed by atoms with van der Waals surface area (Å²) < 4.78 is 0. The molecule has 6 nitrogen and oxygen atoms in total. The number of amides is 3. The predicted octanol–water partition coefficient (Wildman–Crippen LogP) is 4.41. The molecule has 6 heteroatoms. The van der Waals surface area contributed by atoms with Crippen LogP contribution in [-0.4, -0.2) is 34.9 Å². The van der Waals surface area contributed by atoms with Crippen LogP contribution in [0.1, 0.15) is 40.0 Å². The second-order valence-electron chi connectivity index (χ2n) is 7.82. The van der Waals surface area contributed by atoms with Crippen LogP contribution in [0.25, 0.3) is 10.9 Å². The largest absolute Gasteiger partial charge is 0.348 e. The Hall–Kier alpha value is -3.41. The molecule has 0 bridgehead atoms. The van der Waals surface area contributed by atoms with Crippen molar-refractivity contribution >= 4 is 28.5 Å². The van der Waals surface area contributed by atoms with Gasteiger partial charge in [0, 0.05) is 30.7 Å². The normalized spacial score (nSPS) is 13.5. The van der Waals surface area contributed by atoms with Crippen LogP contribution in [0.4, 0.5) is 10.5 Å². The number of carbonyl (C=O) groups is 2. The molecule has 2 aromatic carbocycles. The standard InChI is InChI=1S/C24H26N4O2/c1-16-8-9-19-14-21(17(2)26-22(19)12-16)23(29)25-15-18-6-5-7-20(13-18)27-24(30)28-10-3-4-11-28/h5-9,12-14H,3-4,10-11,15H2,1-2H3,(H,25,29)(H,27,30). The van der Waals surface area contributed by atoms with Crippen LogP contribution in [0.5, 0.6) is 0 Å². The topological polar surface area (TPSA) is 74.3 Å². The number of nitrogens with zero attached hydrogens (tertiary/aromatic N) is 2. The van der Waals surface area contributed by atoms with Crippen molar-refractivity contribution in [3.63, 3.8) is 0 Å². The van der Waals surface area contributed by atoms with Crippen LogP contribution in [0.15, 0.2) is 48.5 Å². The number of hydrogen-bond donors (Lipinski definition) is 2. The number of hydrogen-bond acceptors (Lipinski definition) is 3. The van der Waals surface area contributed by atoms with Gasteiger partial charge in [-0.05, 0) is 62.1 Å². The summed E-state index contributed by atoms with van der Waals surface area (Å²) in [5, 5.41) is 6.85. The first-order valence-electron chi connectivity index (χ1n) is 10.3. The zero-order valence-corrected chi connectivity index (χ0v) is 17.4. The van der Waals surface area contributed by atoms with Crippen molar-refractivity contribution in [2.75, 3.05) is 18.4 Å². The van der Waals surface area contributed by atoms with E-state index in [9.17, 15) is 9.59 Å². The lowest BCUT2D eigenvalue weighted by Gasteiger charge is -2.16. The Morgan fingerprint density at radius 2 is 1.83 bits per heavy atom. The van der Waals surface area contributed by atoms with E-state index in [1.807, 2.05) is 67.3 Å². The molecule has 2 N–H and O–H groups in total. The third kappa shape index (κ3) is 4.43. The summed E-state index contributed by atoms with van der Waals surface area (Å²) in [5.74, 6) is -0.158. The molecule has 2 heterocycles. The van der Waals surface area contributed by atoms with Gasteiger partial charge in [0.1, 0.15) is 0 Å². The fourth-order valence-corrected chi connectivity index (χ4v) is 3.76. The van der Waals surface area contributed by atoms with E-state index in [1.54, 1.807) is 0 Å². The quantitative estimate of drug-likeness (QED) is 0.679. The van der Waals surface area contributed by atoms with Gasteiger partial charge >= 0.3 is 6.03 Å². The molecule has 1 aromatic heterocycles. The van der Waals surface area contributed by atoms with E-state index < -0.39 is 0 Å². The number of fused-ring (bicyclic) bond motifs is 1. The molecule has 0 radical (unpaired) electrons. The number of anilines is 1. The Bertz CT molecular complexity index is 1100. The second kappa shape index (κ2) is 8.53. The van der Waals surface area contributed by atoms with Crippen LogP contribution in [-0.2, 0) is 6.54 Å². The smallest absolute Gasteiger partial charge is 0.321 e. The summed E-state index contributed by atoms with van der Waals surface area (Å²) in [6, 6.07) is 15.4. The molecule has 0 atom stereocenters. The molecule has 1 aliphatic rings. The van der Waals surface area contributed by atoms with E-state index in [2.05, 4.69) is 15.6 Å². The van der Waals surface area contributed by atoms with Gasteiger partial charge in [-0.2, -0.15) is 0 Å². The average Bonchev–Trinajstić information content (AvgIpc) is 3.27. The number of aromatic nitrogens is 1. The molecule has 0 aliphatic carbocycles. The van der Waals surface area contributed by atoms with E-state index in [4.69, 9.17) is 0 Å². The summed E-state index contributed by atoms with van der Waals surface area (Å²) in [4.78, 5) is 31.4. The second-order valence-corrected chi connectivity index (χ2v) is 7.82. The van der Waals surface area contributed by atoms with Gasteiger partial charge in [0.05, 0.1) is 16.8 Å². The van der Waals surface area contributed by atoms with Gasteiger partial charge < -0.3 is 15.5 Å². The molecule has 154 valence electrons. The summed E-state index contributed by atoms with van der Waals surface area (Å²) in [5.41, 5.74) is 4.97. The third-order valence-corrected chi connectivity index (χ3v) is 5.43. The molecular formula is C24H26N4O2. The van der Waals surface area contributed by atoms with Crippen molar-refractivity contribution in [1.29, 1.82) is 0 Å². The minimum absolute atomic E-state index is 0.0678. The number of likely N-dealkylation sites (tertiary alicyclic amines) is 1. The highest BCUT2D eigenvalue weighted by atomic mass is 16.2. The lowest BCUT2D eigenvalue weighted by molar-refractivity contribution is 0.0950. The maximum Gasteiger partial charge on any atom is 0.321 e. The van der Waals surface area contributed by atoms with E-state index in [0.29, 0.717) is 17.8 Å². The summed E-state index contributed by atoms with van der Waals surface area (Å²) in [6.45, 7) is 5.86. The molecule has 3 amide bonds. The van der Waals surface area contributed by atoms with Crippen LogP contribution in [0.2, 0.25) is 0 Å². The molecule has 0 saturated carbocycles. The van der Waals surface area contributed by atoms with Crippen LogP contribution >= 0.6 is 0 Å². The predicted molar refractivity (Wildman–Crippen MR) is 119 cm³/mol. The number of rotatable bonds is 4. The molecule has 0 unspecified atom stereocenters. The Morgan fingerprint density at radius 1 is 1.03 bits per heavy atom. The van der Waals surface area contributed by atoms with Crippen LogP contribution in [0, 0.1) is 13.8 Å².